The molecule has 0 fully saturated rings. The SMILES string of the molecule is C1=CCC(C2Nc3c(ccc4ccc5cc(-c6nc(-c7ccccc7)nc(-c7ccccc7)n6)ccc5c34)S2)C=C1. The lowest BCUT2D eigenvalue weighted by molar-refractivity contribution is 0.662. The average molecular weight is 547 g/mol. The number of hydrogen-bond donors (Lipinski definition) is 1. The van der Waals surface area contributed by atoms with Gasteiger partial charge in [-0.1, -0.05) is 127 Å². The van der Waals surface area contributed by atoms with Crippen LogP contribution in [0.3, 0.4) is 0 Å². The molecule has 1 aliphatic heterocycles. The first-order valence-electron chi connectivity index (χ1n) is 13.9. The molecule has 5 aromatic carbocycles. The van der Waals surface area contributed by atoms with Gasteiger partial charge in [-0.15, -0.1) is 0 Å². The summed E-state index contributed by atoms with van der Waals surface area (Å²) in [6, 6.07) is 35.8. The number of benzene rings is 5. The highest BCUT2D eigenvalue weighted by molar-refractivity contribution is 8.00. The molecule has 0 saturated heterocycles. The quantitative estimate of drug-likeness (QED) is 0.223. The van der Waals surface area contributed by atoms with E-state index in [0.29, 0.717) is 28.8 Å². The van der Waals surface area contributed by atoms with Crippen molar-refractivity contribution < 1.29 is 0 Å². The number of aromatic nitrogens is 3. The molecule has 2 unspecified atom stereocenters. The Hall–Kier alpha value is -4.74. The van der Waals surface area contributed by atoms with E-state index in [-0.39, 0.29) is 0 Å². The van der Waals surface area contributed by atoms with Crippen LogP contribution >= 0.6 is 11.8 Å². The number of nitrogens with zero attached hydrogens (tertiary/aromatic N) is 3. The van der Waals surface area contributed by atoms with Crippen LogP contribution in [0.5, 0.6) is 0 Å². The van der Waals surface area contributed by atoms with Gasteiger partial charge < -0.3 is 5.32 Å². The van der Waals surface area contributed by atoms with Crippen molar-refractivity contribution >= 4 is 39.0 Å². The lowest BCUT2D eigenvalue weighted by Crippen LogP contribution is -2.21. The molecule has 0 saturated carbocycles. The third-order valence-corrected chi connectivity index (χ3v) is 9.18. The minimum Gasteiger partial charge on any atom is -0.371 e. The Kier molecular flexibility index (Phi) is 5.89. The highest BCUT2D eigenvalue weighted by Gasteiger charge is 2.29. The van der Waals surface area contributed by atoms with E-state index in [4.69, 9.17) is 15.0 Å². The molecule has 1 aliphatic carbocycles. The molecule has 0 amide bonds. The van der Waals surface area contributed by atoms with E-state index in [0.717, 1.165) is 23.1 Å². The number of nitrogens with one attached hydrogen (secondary N) is 1. The number of rotatable bonds is 4. The van der Waals surface area contributed by atoms with Crippen LogP contribution in [-0.2, 0) is 0 Å². The fourth-order valence-corrected chi connectivity index (χ4v) is 7.03. The van der Waals surface area contributed by atoms with Crippen molar-refractivity contribution in [3.05, 3.63) is 127 Å². The van der Waals surface area contributed by atoms with Gasteiger partial charge in [0.1, 0.15) is 0 Å². The van der Waals surface area contributed by atoms with Gasteiger partial charge in [0, 0.05) is 32.9 Å². The van der Waals surface area contributed by atoms with Crippen molar-refractivity contribution in [1.29, 1.82) is 0 Å². The highest BCUT2D eigenvalue weighted by atomic mass is 32.2. The van der Waals surface area contributed by atoms with Crippen LogP contribution in [0.1, 0.15) is 6.42 Å². The number of fused-ring (bicyclic) bond motifs is 5. The van der Waals surface area contributed by atoms with Crippen LogP contribution in [0.4, 0.5) is 5.69 Å². The molecular weight excluding hydrogens is 520 g/mol. The Bertz CT molecular complexity index is 1930. The first-order valence-corrected chi connectivity index (χ1v) is 14.8. The van der Waals surface area contributed by atoms with Crippen LogP contribution in [0.2, 0.25) is 0 Å². The zero-order valence-electron chi connectivity index (χ0n) is 22.2. The Morgan fingerprint density at radius 2 is 1.29 bits per heavy atom. The zero-order valence-corrected chi connectivity index (χ0v) is 23.1. The maximum absolute atomic E-state index is 4.94. The molecular formula is C36H26N4S. The van der Waals surface area contributed by atoms with Crippen molar-refractivity contribution in [3.8, 4) is 34.2 Å². The predicted molar refractivity (Wildman–Crippen MR) is 171 cm³/mol. The second-order valence-electron chi connectivity index (χ2n) is 10.5. The van der Waals surface area contributed by atoms with E-state index >= 15 is 0 Å². The number of allylic oxidation sites excluding steroid dienone is 3. The summed E-state index contributed by atoms with van der Waals surface area (Å²) in [4.78, 5) is 16.0. The molecule has 4 nitrogen and oxygen atoms in total. The maximum atomic E-state index is 4.94. The Morgan fingerprint density at radius 3 is 1.98 bits per heavy atom. The lowest BCUT2D eigenvalue weighted by atomic mass is 9.97. The third-order valence-electron chi connectivity index (χ3n) is 7.86. The van der Waals surface area contributed by atoms with Crippen LogP contribution in [0.15, 0.2) is 132 Å². The van der Waals surface area contributed by atoms with Crippen LogP contribution in [-0.4, -0.2) is 20.3 Å². The lowest BCUT2D eigenvalue weighted by Gasteiger charge is -2.20. The standard InChI is InChI=1S/C36H26N4S/c1-4-10-24(11-5-1)33-38-34(25-12-6-2-7-13-25)40-35(39-33)28-18-20-29-27(22-28)17-16-23-19-21-30-32(31(23)29)37-36(41-30)26-14-8-3-9-15-26/h1-14,16-22,26,36-37H,15H2. The van der Waals surface area contributed by atoms with Crippen molar-refractivity contribution in [2.24, 2.45) is 5.92 Å². The van der Waals surface area contributed by atoms with Gasteiger partial charge in [0.2, 0.25) is 0 Å². The average Bonchev–Trinajstić information content (AvgIpc) is 3.50. The van der Waals surface area contributed by atoms with Crippen LogP contribution < -0.4 is 5.32 Å². The monoisotopic (exact) mass is 546 g/mol. The van der Waals surface area contributed by atoms with E-state index in [9.17, 15) is 0 Å². The van der Waals surface area contributed by atoms with Crippen molar-refractivity contribution in [2.45, 2.75) is 16.7 Å². The largest absolute Gasteiger partial charge is 0.371 e. The predicted octanol–water partition coefficient (Wildman–Crippen LogP) is 9.15. The summed E-state index contributed by atoms with van der Waals surface area (Å²) in [5.74, 6) is 2.49. The van der Waals surface area contributed by atoms with Crippen LogP contribution in [0, 0.1) is 5.92 Å². The van der Waals surface area contributed by atoms with Crippen molar-refractivity contribution in [3.63, 3.8) is 0 Å². The summed E-state index contributed by atoms with van der Waals surface area (Å²) in [6.07, 6.45) is 9.96. The topological polar surface area (TPSA) is 50.7 Å². The summed E-state index contributed by atoms with van der Waals surface area (Å²) in [5.41, 5.74) is 4.16. The summed E-state index contributed by atoms with van der Waals surface area (Å²) < 4.78 is 0. The second-order valence-corrected chi connectivity index (χ2v) is 11.7. The van der Waals surface area contributed by atoms with Gasteiger partial charge in [-0.25, -0.2) is 15.0 Å². The zero-order chi connectivity index (χ0) is 27.2. The molecule has 0 radical (unpaired) electrons. The maximum Gasteiger partial charge on any atom is 0.164 e. The molecule has 2 aliphatic rings. The Morgan fingerprint density at radius 1 is 0.634 bits per heavy atom. The summed E-state index contributed by atoms with van der Waals surface area (Å²) >= 11 is 1.94. The fourth-order valence-electron chi connectivity index (χ4n) is 5.78. The smallest absolute Gasteiger partial charge is 0.164 e. The minimum atomic E-state index is 0.337. The minimum absolute atomic E-state index is 0.337. The third kappa shape index (κ3) is 4.39. The highest BCUT2D eigenvalue weighted by Crippen LogP contribution is 2.48. The molecule has 196 valence electrons. The number of anilines is 1. The van der Waals surface area contributed by atoms with E-state index < -0.39 is 0 Å². The van der Waals surface area contributed by atoms with Gasteiger partial charge in [-0.05, 0) is 34.7 Å². The fraction of sp³-hybridized carbons (Fsp3) is 0.0833. The van der Waals surface area contributed by atoms with E-state index in [2.05, 4.69) is 72.1 Å². The molecule has 1 N–H and O–H groups in total. The van der Waals surface area contributed by atoms with E-state index in [1.54, 1.807) is 0 Å². The molecule has 2 atom stereocenters. The van der Waals surface area contributed by atoms with Gasteiger partial charge in [-0.2, -0.15) is 0 Å². The van der Waals surface area contributed by atoms with Crippen LogP contribution in [0.25, 0.3) is 55.7 Å². The summed E-state index contributed by atoms with van der Waals surface area (Å²) in [5, 5.41) is 9.15. The normalized spacial score (nSPS) is 17.6. The van der Waals surface area contributed by atoms with Gasteiger partial charge >= 0.3 is 0 Å². The summed E-state index contributed by atoms with van der Waals surface area (Å²) in [6.45, 7) is 0. The van der Waals surface area contributed by atoms with Crippen molar-refractivity contribution in [2.75, 3.05) is 5.32 Å². The van der Waals surface area contributed by atoms with Crippen molar-refractivity contribution in [1.82, 2.24) is 15.0 Å². The number of hydrogen-bond acceptors (Lipinski definition) is 5. The molecule has 0 spiro atoms. The Labute approximate surface area is 242 Å². The number of thioether (sulfide) groups is 1. The van der Waals surface area contributed by atoms with Gasteiger partial charge in [-0.3, -0.25) is 0 Å². The molecule has 6 aromatic rings. The van der Waals surface area contributed by atoms with Gasteiger partial charge in [0.25, 0.3) is 0 Å². The summed E-state index contributed by atoms with van der Waals surface area (Å²) in [7, 11) is 0. The van der Waals surface area contributed by atoms with E-state index in [1.165, 1.54) is 32.1 Å². The molecule has 1 aromatic heterocycles. The molecule has 41 heavy (non-hydrogen) atoms. The molecule has 2 heterocycles. The Balaban J connectivity index is 1.24. The second kappa shape index (κ2) is 10.0. The van der Waals surface area contributed by atoms with Gasteiger partial charge in [0.05, 0.1) is 11.1 Å². The molecule has 5 heteroatoms. The first-order chi connectivity index (χ1) is 20.3. The molecule has 8 rings (SSSR count). The molecule has 0 bridgehead atoms. The first kappa shape index (κ1) is 24.1. The van der Waals surface area contributed by atoms with Gasteiger partial charge in [0.15, 0.2) is 17.5 Å². The van der Waals surface area contributed by atoms with E-state index in [1.807, 2.05) is 72.4 Å².